The minimum Gasteiger partial charge on any atom is -0.462 e. The fourth-order valence-corrected chi connectivity index (χ4v) is 2.38. The summed E-state index contributed by atoms with van der Waals surface area (Å²) < 4.78 is 4.85. The average Bonchev–Trinajstić information content (AvgIpc) is 2.61. The Morgan fingerprint density at radius 1 is 1.07 bits per heavy atom. The molecule has 1 amide bonds. The van der Waals surface area contributed by atoms with Crippen molar-refractivity contribution < 1.29 is 24.2 Å². The second kappa shape index (κ2) is 8.23. The van der Waals surface area contributed by atoms with E-state index in [2.05, 4.69) is 5.32 Å². The number of carbonyl (C=O) groups is 2. The molecule has 0 fully saturated rings. The van der Waals surface area contributed by atoms with Crippen LogP contribution in [-0.4, -0.2) is 28.3 Å². The van der Waals surface area contributed by atoms with Crippen molar-refractivity contribution in [1.82, 2.24) is 0 Å². The number of hydrogen-bond donors (Lipinski definition) is 1. The second-order valence-electron chi connectivity index (χ2n) is 5.10. The first kappa shape index (κ1) is 19.8. The van der Waals surface area contributed by atoms with E-state index in [-0.39, 0.29) is 23.4 Å². The van der Waals surface area contributed by atoms with Gasteiger partial charge in [-0.25, -0.2) is 4.79 Å². The lowest BCUT2D eigenvalue weighted by Gasteiger charge is -2.08. The number of nitrogens with zero attached hydrogens (tertiary/aromatic N) is 2. The van der Waals surface area contributed by atoms with Gasteiger partial charge < -0.3 is 10.1 Å². The number of ether oxygens (including phenoxy) is 1. The summed E-state index contributed by atoms with van der Waals surface area (Å²) in [4.78, 5) is 44.3. The molecule has 0 aliphatic carbocycles. The first-order chi connectivity index (χ1) is 12.7. The van der Waals surface area contributed by atoms with Crippen LogP contribution in [0.5, 0.6) is 0 Å². The van der Waals surface area contributed by atoms with E-state index in [0.29, 0.717) is 0 Å². The van der Waals surface area contributed by atoms with Crippen molar-refractivity contribution in [2.24, 2.45) is 0 Å². The third-order valence-electron chi connectivity index (χ3n) is 3.32. The van der Waals surface area contributed by atoms with E-state index in [1.165, 1.54) is 24.3 Å². The normalized spacial score (nSPS) is 10.1. The quantitative estimate of drug-likeness (QED) is 0.448. The van der Waals surface area contributed by atoms with Gasteiger partial charge in [0, 0.05) is 17.8 Å². The van der Waals surface area contributed by atoms with E-state index >= 15 is 0 Å². The molecule has 0 saturated heterocycles. The number of carbonyl (C=O) groups excluding carboxylic acids is 2. The molecule has 0 aromatic heterocycles. The van der Waals surface area contributed by atoms with Crippen LogP contribution >= 0.6 is 11.6 Å². The SMILES string of the molecule is CCOC(=O)c1cccc(NC(=O)c2cc([N+](=O)[O-])c(Cl)c([N+](=O)[O-])c2)c1. The van der Waals surface area contributed by atoms with Crippen molar-refractivity contribution in [1.29, 1.82) is 0 Å². The number of nitro benzene ring substituents is 2. The highest BCUT2D eigenvalue weighted by molar-refractivity contribution is 6.35. The Hall–Kier alpha value is -3.53. The molecule has 0 spiro atoms. The number of anilines is 1. The van der Waals surface area contributed by atoms with E-state index in [4.69, 9.17) is 16.3 Å². The number of halogens is 1. The van der Waals surface area contributed by atoms with Gasteiger partial charge in [0.1, 0.15) is 0 Å². The first-order valence-corrected chi connectivity index (χ1v) is 7.83. The van der Waals surface area contributed by atoms with Gasteiger partial charge in [-0.2, -0.15) is 0 Å². The van der Waals surface area contributed by atoms with Crippen molar-refractivity contribution in [3.8, 4) is 0 Å². The highest BCUT2D eigenvalue weighted by atomic mass is 35.5. The van der Waals surface area contributed by atoms with Gasteiger partial charge in [-0.05, 0) is 25.1 Å². The zero-order valence-corrected chi connectivity index (χ0v) is 14.6. The molecule has 2 aromatic carbocycles. The van der Waals surface area contributed by atoms with Gasteiger partial charge in [-0.15, -0.1) is 0 Å². The lowest BCUT2D eigenvalue weighted by molar-refractivity contribution is -0.393. The summed E-state index contributed by atoms with van der Waals surface area (Å²) in [5, 5.41) is 23.8. The molecule has 0 bridgehead atoms. The first-order valence-electron chi connectivity index (χ1n) is 7.45. The van der Waals surface area contributed by atoms with Crippen molar-refractivity contribution in [3.63, 3.8) is 0 Å². The Labute approximate surface area is 157 Å². The van der Waals surface area contributed by atoms with Crippen molar-refractivity contribution in [2.75, 3.05) is 11.9 Å². The summed E-state index contributed by atoms with van der Waals surface area (Å²) in [6.07, 6.45) is 0. The fraction of sp³-hybridized carbons (Fsp3) is 0.125. The fourth-order valence-electron chi connectivity index (χ4n) is 2.13. The van der Waals surface area contributed by atoms with Gasteiger partial charge in [0.15, 0.2) is 5.02 Å². The Bertz CT molecular complexity index is 910. The van der Waals surface area contributed by atoms with Crippen LogP contribution in [0.2, 0.25) is 5.02 Å². The Balaban J connectivity index is 2.36. The molecule has 0 unspecified atom stereocenters. The molecule has 0 aliphatic rings. The molecule has 2 aromatic rings. The average molecular weight is 394 g/mol. The second-order valence-corrected chi connectivity index (χ2v) is 5.48. The summed E-state index contributed by atoms with van der Waals surface area (Å²) in [5.41, 5.74) is -1.49. The summed E-state index contributed by atoms with van der Waals surface area (Å²) in [5.74, 6) is -1.44. The largest absolute Gasteiger partial charge is 0.462 e. The van der Waals surface area contributed by atoms with Gasteiger partial charge in [0.2, 0.25) is 0 Å². The van der Waals surface area contributed by atoms with Gasteiger partial charge >= 0.3 is 5.97 Å². The molecule has 1 N–H and O–H groups in total. The lowest BCUT2D eigenvalue weighted by atomic mass is 10.1. The molecule has 0 atom stereocenters. The minimum atomic E-state index is -0.923. The predicted octanol–water partition coefficient (Wildman–Crippen LogP) is 3.59. The van der Waals surface area contributed by atoms with Gasteiger partial charge in [-0.1, -0.05) is 17.7 Å². The van der Waals surface area contributed by atoms with Crippen LogP contribution in [0.3, 0.4) is 0 Å². The summed E-state index contributed by atoms with van der Waals surface area (Å²) in [7, 11) is 0. The monoisotopic (exact) mass is 393 g/mol. The van der Waals surface area contributed by atoms with Crippen molar-refractivity contribution in [2.45, 2.75) is 6.92 Å². The van der Waals surface area contributed by atoms with Crippen LogP contribution in [0.4, 0.5) is 17.1 Å². The number of hydrogen-bond acceptors (Lipinski definition) is 7. The maximum absolute atomic E-state index is 12.4. The number of rotatable bonds is 6. The van der Waals surface area contributed by atoms with Crippen LogP contribution in [0, 0.1) is 20.2 Å². The van der Waals surface area contributed by atoms with E-state index < -0.39 is 38.1 Å². The number of esters is 1. The maximum Gasteiger partial charge on any atom is 0.338 e. The summed E-state index contributed by atoms with van der Waals surface area (Å²) >= 11 is 5.65. The molecule has 0 radical (unpaired) electrons. The molecular weight excluding hydrogens is 382 g/mol. The highest BCUT2D eigenvalue weighted by Gasteiger charge is 2.27. The number of benzene rings is 2. The van der Waals surface area contributed by atoms with E-state index in [1.54, 1.807) is 6.92 Å². The van der Waals surface area contributed by atoms with Crippen LogP contribution in [0.1, 0.15) is 27.6 Å². The molecule has 0 aliphatic heterocycles. The zero-order valence-electron chi connectivity index (χ0n) is 13.8. The van der Waals surface area contributed by atoms with Crippen LogP contribution in [-0.2, 0) is 4.74 Å². The van der Waals surface area contributed by atoms with E-state index in [1.807, 2.05) is 0 Å². The van der Waals surface area contributed by atoms with E-state index in [9.17, 15) is 29.8 Å². The Kier molecular flexibility index (Phi) is 6.03. The molecule has 2 rings (SSSR count). The smallest absolute Gasteiger partial charge is 0.338 e. The number of nitrogens with one attached hydrogen (secondary N) is 1. The van der Waals surface area contributed by atoms with Gasteiger partial charge in [-0.3, -0.25) is 25.0 Å². The third kappa shape index (κ3) is 4.55. The topological polar surface area (TPSA) is 142 Å². The number of nitro groups is 2. The standard InChI is InChI=1S/C16H12ClN3O7/c1-2-27-16(22)9-4-3-5-11(6-9)18-15(21)10-7-12(19(23)24)14(17)13(8-10)20(25)26/h3-8H,2H2,1H3,(H,18,21). The Morgan fingerprint density at radius 3 is 2.19 bits per heavy atom. The predicted molar refractivity (Wildman–Crippen MR) is 95.1 cm³/mol. The van der Waals surface area contributed by atoms with Gasteiger partial charge in [0.05, 0.1) is 27.6 Å². The minimum absolute atomic E-state index is 0.174. The molecule has 10 nitrogen and oxygen atoms in total. The molecule has 11 heteroatoms. The van der Waals surface area contributed by atoms with Crippen LogP contribution in [0.15, 0.2) is 36.4 Å². The van der Waals surface area contributed by atoms with E-state index in [0.717, 1.165) is 12.1 Å². The molecule has 27 heavy (non-hydrogen) atoms. The third-order valence-corrected chi connectivity index (χ3v) is 3.71. The van der Waals surface area contributed by atoms with Crippen LogP contribution < -0.4 is 5.32 Å². The highest BCUT2D eigenvalue weighted by Crippen LogP contribution is 2.35. The summed E-state index contributed by atoms with van der Waals surface area (Å²) in [6, 6.07) is 7.45. The Morgan fingerprint density at radius 2 is 1.67 bits per heavy atom. The number of amides is 1. The van der Waals surface area contributed by atoms with Gasteiger partial charge in [0.25, 0.3) is 17.3 Å². The van der Waals surface area contributed by atoms with Crippen molar-refractivity contribution >= 4 is 40.5 Å². The molecular formula is C16H12ClN3O7. The molecule has 0 saturated carbocycles. The maximum atomic E-state index is 12.4. The summed E-state index contributed by atoms with van der Waals surface area (Å²) in [6.45, 7) is 1.82. The van der Waals surface area contributed by atoms with Crippen LogP contribution in [0.25, 0.3) is 0 Å². The molecule has 0 heterocycles. The molecule has 140 valence electrons. The lowest BCUT2D eigenvalue weighted by Crippen LogP contribution is -2.14. The zero-order chi connectivity index (χ0) is 20.1. The van der Waals surface area contributed by atoms with Crippen molar-refractivity contribution in [3.05, 3.63) is 72.8 Å².